The standard InChI is InChI=1S/C13H15F2NO3S/c1-9-2-4-12(5-3-9)20(18,19)16-7-10(13(14)15)6-11(16)8-17/h2-5,11,17H,6-8H2,1H3/t11-/m0/s1. The summed E-state index contributed by atoms with van der Waals surface area (Å²) in [4.78, 5) is 0.0436. The van der Waals surface area contributed by atoms with Crippen molar-refractivity contribution in [2.45, 2.75) is 24.3 Å². The normalized spacial score (nSPS) is 20.4. The van der Waals surface area contributed by atoms with E-state index in [1.807, 2.05) is 6.92 Å². The van der Waals surface area contributed by atoms with Crippen molar-refractivity contribution in [2.24, 2.45) is 0 Å². The molecule has 0 amide bonds. The Labute approximate surface area is 116 Å². The van der Waals surface area contributed by atoms with Crippen LogP contribution < -0.4 is 0 Å². The number of aryl methyl sites for hydroxylation is 1. The molecular weight excluding hydrogens is 288 g/mol. The van der Waals surface area contributed by atoms with Crippen LogP contribution in [-0.2, 0) is 10.0 Å². The van der Waals surface area contributed by atoms with Crippen molar-refractivity contribution in [3.63, 3.8) is 0 Å². The van der Waals surface area contributed by atoms with Crippen molar-refractivity contribution in [1.82, 2.24) is 4.31 Å². The van der Waals surface area contributed by atoms with Crippen LogP contribution in [0.5, 0.6) is 0 Å². The molecule has 1 aromatic carbocycles. The Hall–Kier alpha value is -1.31. The molecule has 0 aromatic heterocycles. The molecule has 1 atom stereocenters. The predicted molar refractivity (Wildman–Crippen MR) is 69.8 cm³/mol. The lowest BCUT2D eigenvalue weighted by Crippen LogP contribution is -2.37. The van der Waals surface area contributed by atoms with Crippen LogP contribution >= 0.6 is 0 Å². The summed E-state index contributed by atoms with van der Waals surface area (Å²) >= 11 is 0. The number of halogens is 2. The molecule has 1 heterocycles. The molecule has 7 heteroatoms. The quantitative estimate of drug-likeness (QED) is 0.928. The molecule has 0 saturated carbocycles. The SMILES string of the molecule is Cc1ccc(S(=O)(=O)N2CC(=C(F)F)C[C@H]2CO)cc1. The average Bonchev–Trinajstić information content (AvgIpc) is 2.84. The maximum absolute atomic E-state index is 12.6. The first kappa shape index (κ1) is 15.1. The van der Waals surface area contributed by atoms with E-state index in [2.05, 4.69) is 0 Å². The van der Waals surface area contributed by atoms with E-state index in [0.29, 0.717) is 0 Å². The lowest BCUT2D eigenvalue weighted by Gasteiger charge is -2.21. The molecule has 0 unspecified atom stereocenters. The maximum Gasteiger partial charge on any atom is 0.270 e. The van der Waals surface area contributed by atoms with Gasteiger partial charge in [-0.1, -0.05) is 17.7 Å². The molecule has 0 aliphatic carbocycles. The second kappa shape index (κ2) is 5.59. The molecule has 1 aliphatic rings. The molecule has 0 bridgehead atoms. The van der Waals surface area contributed by atoms with E-state index in [1.165, 1.54) is 12.1 Å². The Kier molecular flexibility index (Phi) is 4.22. The molecule has 110 valence electrons. The minimum absolute atomic E-state index is 0.0436. The van der Waals surface area contributed by atoms with Crippen LogP contribution in [0.3, 0.4) is 0 Å². The second-order valence-corrected chi connectivity index (χ2v) is 6.66. The van der Waals surface area contributed by atoms with E-state index in [9.17, 15) is 22.3 Å². The number of nitrogens with zero attached hydrogens (tertiary/aromatic N) is 1. The molecule has 1 saturated heterocycles. The van der Waals surface area contributed by atoms with Crippen LogP contribution in [0.25, 0.3) is 0 Å². The molecule has 0 spiro atoms. The van der Waals surface area contributed by atoms with Gasteiger partial charge in [0, 0.05) is 12.1 Å². The number of hydrogen-bond donors (Lipinski definition) is 1. The van der Waals surface area contributed by atoms with Gasteiger partial charge in [0.25, 0.3) is 6.08 Å². The topological polar surface area (TPSA) is 57.6 Å². The molecule has 1 aliphatic heterocycles. The smallest absolute Gasteiger partial charge is 0.270 e. The summed E-state index contributed by atoms with van der Waals surface area (Å²) in [6.45, 7) is 0.966. The predicted octanol–water partition coefficient (Wildman–Crippen LogP) is 1.90. The van der Waals surface area contributed by atoms with Gasteiger partial charge in [0.05, 0.1) is 17.5 Å². The van der Waals surface area contributed by atoms with Crippen molar-refractivity contribution in [3.05, 3.63) is 41.5 Å². The zero-order chi connectivity index (χ0) is 14.9. The van der Waals surface area contributed by atoms with Gasteiger partial charge in [-0.2, -0.15) is 13.1 Å². The third kappa shape index (κ3) is 2.74. The third-order valence-corrected chi connectivity index (χ3v) is 5.25. The van der Waals surface area contributed by atoms with E-state index in [4.69, 9.17) is 0 Å². The van der Waals surface area contributed by atoms with Crippen molar-refractivity contribution >= 4 is 10.0 Å². The maximum atomic E-state index is 12.6. The number of benzene rings is 1. The first-order valence-electron chi connectivity index (χ1n) is 6.08. The zero-order valence-electron chi connectivity index (χ0n) is 10.9. The highest BCUT2D eigenvalue weighted by Gasteiger charge is 2.38. The Morgan fingerprint density at radius 2 is 1.95 bits per heavy atom. The minimum atomic E-state index is -3.88. The van der Waals surface area contributed by atoms with Crippen molar-refractivity contribution in [3.8, 4) is 0 Å². The van der Waals surface area contributed by atoms with Crippen molar-refractivity contribution in [1.29, 1.82) is 0 Å². The number of aliphatic hydroxyl groups is 1. The first-order valence-corrected chi connectivity index (χ1v) is 7.52. The second-order valence-electron chi connectivity index (χ2n) is 4.77. The number of rotatable bonds is 3. The molecule has 2 rings (SSSR count). The van der Waals surface area contributed by atoms with Crippen LogP contribution in [0, 0.1) is 6.92 Å². The summed E-state index contributed by atoms with van der Waals surface area (Å²) in [5.41, 5.74) is 0.666. The Balaban J connectivity index is 2.38. The van der Waals surface area contributed by atoms with Gasteiger partial charge in [0.2, 0.25) is 10.0 Å². The lowest BCUT2D eigenvalue weighted by molar-refractivity contribution is 0.213. The number of aliphatic hydroxyl groups excluding tert-OH is 1. The number of hydrogen-bond acceptors (Lipinski definition) is 3. The zero-order valence-corrected chi connectivity index (χ0v) is 11.7. The summed E-state index contributed by atoms with van der Waals surface area (Å²) in [7, 11) is -3.88. The lowest BCUT2D eigenvalue weighted by atomic mass is 10.2. The van der Waals surface area contributed by atoms with Gasteiger partial charge >= 0.3 is 0 Å². The van der Waals surface area contributed by atoms with Gasteiger partial charge in [-0.05, 0) is 25.5 Å². The van der Waals surface area contributed by atoms with Crippen molar-refractivity contribution < 1.29 is 22.3 Å². The van der Waals surface area contributed by atoms with E-state index < -0.39 is 28.8 Å². The van der Waals surface area contributed by atoms with Gasteiger partial charge < -0.3 is 5.11 Å². The van der Waals surface area contributed by atoms with Crippen molar-refractivity contribution in [2.75, 3.05) is 13.2 Å². The average molecular weight is 303 g/mol. The molecule has 1 aromatic rings. The Morgan fingerprint density at radius 1 is 1.35 bits per heavy atom. The fourth-order valence-electron chi connectivity index (χ4n) is 2.19. The fraction of sp³-hybridized carbons (Fsp3) is 0.385. The van der Waals surface area contributed by atoms with E-state index in [1.54, 1.807) is 12.1 Å². The van der Waals surface area contributed by atoms with Gasteiger partial charge in [0.1, 0.15) is 0 Å². The molecular formula is C13H15F2NO3S. The van der Waals surface area contributed by atoms with Crippen LogP contribution in [0.15, 0.2) is 40.8 Å². The minimum Gasteiger partial charge on any atom is -0.395 e. The highest BCUT2D eigenvalue weighted by atomic mass is 32.2. The summed E-state index contributed by atoms with van der Waals surface area (Å²) in [6.07, 6.45) is -2.01. The monoisotopic (exact) mass is 303 g/mol. The third-order valence-electron chi connectivity index (χ3n) is 3.34. The largest absolute Gasteiger partial charge is 0.395 e. The Bertz CT molecular complexity index is 622. The summed E-state index contributed by atoms with van der Waals surface area (Å²) in [5, 5.41) is 9.22. The summed E-state index contributed by atoms with van der Waals surface area (Å²) in [6, 6.07) is 5.32. The molecule has 20 heavy (non-hydrogen) atoms. The van der Waals surface area contributed by atoms with E-state index in [0.717, 1.165) is 9.87 Å². The highest BCUT2D eigenvalue weighted by molar-refractivity contribution is 7.89. The van der Waals surface area contributed by atoms with Crippen LogP contribution in [-0.4, -0.2) is 37.0 Å². The van der Waals surface area contributed by atoms with E-state index >= 15 is 0 Å². The van der Waals surface area contributed by atoms with E-state index in [-0.39, 0.29) is 23.4 Å². The van der Waals surface area contributed by atoms with Gasteiger partial charge in [-0.25, -0.2) is 8.42 Å². The van der Waals surface area contributed by atoms with Gasteiger partial charge in [-0.3, -0.25) is 0 Å². The summed E-state index contributed by atoms with van der Waals surface area (Å²) < 4.78 is 51.1. The van der Waals surface area contributed by atoms with Crippen LogP contribution in [0.2, 0.25) is 0 Å². The molecule has 1 fully saturated rings. The molecule has 1 N–H and O–H groups in total. The fourth-order valence-corrected chi connectivity index (χ4v) is 3.80. The summed E-state index contributed by atoms with van der Waals surface area (Å²) in [5.74, 6) is 0. The molecule has 0 radical (unpaired) electrons. The van der Waals surface area contributed by atoms with Crippen LogP contribution in [0.1, 0.15) is 12.0 Å². The highest BCUT2D eigenvalue weighted by Crippen LogP contribution is 2.31. The Morgan fingerprint density at radius 3 is 2.45 bits per heavy atom. The first-order chi connectivity index (χ1) is 9.36. The van der Waals surface area contributed by atoms with Gasteiger partial charge in [0.15, 0.2) is 0 Å². The number of sulfonamides is 1. The van der Waals surface area contributed by atoms with Gasteiger partial charge in [-0.15, -0.1) is 0 Å². The molecule has 4 nitrogen and oxygen atoms in total. The van der Waals surface area contributed by atoms with Crippen LogP contribution in [0.4, 0.5) is 8.78 Å².